The van der Waals surface area contributed by atoms with Gasteiger partial charge in [0, 0.05) is 18.7 Å². The Hall–Kier alpha value is -3.24. The topological polar surface area (TPSA) is 118 Å². The van der Waals surface area contributed by atoms with Gasteiger partial charge in [-0.1, -0.05) is 35.4 Å². The van der Waals surface area contributed by atoms with Crippen LogP contribution in [0.25, 0.3) is 5.69 Å². The fourth-order valence-electron chi connectivity index (χ4n) is 3.28. The zero-order chi connectivity index (χ0) is 22.6. The average molecular weight is 473 g/mol. The molecule has 11 heteroatoms. The van der Waals surface area contributed by atoms with Crippen LogP contribution in [-0.2, 0) is 10.0 Å². The predicted molar refractivity (Wildman–Crippen MR) is 122 cm³/mol. The maximum Gasteiger partial charge on any atom is 0.276 e. The summed E-state index contributed by atoms with van der Waals surface area (Å²) in [6.45, 7) is 0.627. The maximum atomic E-state index is 12.8. The van der Waals surface area contributed by atoms with E-state index in [1.54, 1.807) is 24.3 Å². The standard InChI is InChI=1S/C21H21ClN6O3S/c22-17-6-3-4-7-18(17)28-19(14-24-27-28)21(29)25-15-9-11-16(12-10-15)32(30,31)26-20-8-2-1-5-13-23-20/h3-4,6-7,9-12,14H,1-2,5,8,13H2,(H,23,26)(H,25,29). The summed E-state index contributed by atoms with van der Waals surface area (Å²) >= 11 is 6.20. The van der Waals surface area contributed by atoms with Gasteiger partial charge in [0.2, 0.25) is 0 Å². The number of anilines is 1. The lowest BCUT2D eigenvalue weighted by Gasteiger charge is -2.11. The Morgan fingerprint density at radius 2 is 1.81 bits per heavy atom. The van der Waals surface area contributed by atoms with Crippen molar-refractivity contribution in [3.63, 3.8) is 0 Å². The molecule has 0 aliphatic carbocycles. The lowest BCUT2D eigenvalue weighted by Crippen LogP contribution is -2.30. The quantitative estimate of drug-likeness (QED) is 0.589. The molecular formula is C21H21ClN6O3S. The van der Waals surface area contributed by atoms with Crippen LogP contribution in [0.15, 0.2) is 64.6 Å². The van der Waals surface area contributed by atoms with Gasteiger partial charge in [0.05, 0.1) is 21.8 Å². The van der Waals surface area contributed by atoms with Crippen LogP contribution >= 0.6 is 11.6 Å². The van der Waals surface area contributed by atoms with Crippen molar-refractivity contribution in [2.24, 2.45) is 4.99 Å². The minimum absolute atomic E-state index is 0.0882. The summed E-state index contributed by atoms with van der Waals surface area (Å²) in [5, 5.41) is 10.9. The highest BCUT2D eigenvalue weighted by atomic mass is 35.5. The number of rotatable bonds is 5. The van der Waals surface area contributed by atoms with Gasteiger partial charge in [0.1, 0.15) is 5.84 Å². The van der Waals surface area contributed by atoms with Crippen LogP contribution in [0.1, 0.15) is 36.2 Å². The second-order valence-corrected chi connectivity index (χ2v) is 9.30. The van der Waals surface area contributed by atoms with E-state index in [4.69, 9.17) is 11.6 Å². The molecule has 0 unspecified atom stereocenters. The normalized spacial score (nSPS) is 14.3. The third-order valence-corrected chi connectivity index (χ3v) is 6.63. The van der Waals surface area contributed by atoms with E-state index in [-0.39, 0.29) is 10.6 Å². The predicted octanol–water partition coefficient (Wildman–Crippen LogP) is 3.42. The van der Waals surface area contributed by atoms with Crippen LogP contribution in [0, 0.1) is 0 Å². The molecule has 0 spiro atoms. The fourth-order valence-corrected chi connectivity index (χ4v) is 4.58. The Kier molecular flexibility index (Phi) is 6.52. The van der Waals surface area contributed by atoms with Crippen molar-refractivity contribution in [2.75, 3.05) is 11.9 Å². The zero-order valence-electron chi connectivity index (χ0n) is 17.0. The van der Waals surface area contributed by atoms with E-state index in [0.29, 0.717) is 35.2 Å². The molecular weight excluding hydrogens is 452 g/mol. The Labute approximate surface area is 190 Å². The first-order valence-corrected chi connectivity index (χ1v) is 11.9. The molecule has 1 aliphatic heterocycles. The van der Waals surface area contributed by atoms with Crippen molar-refractivity contribution >= 4 is 39.1 Å². The van der Waals surface area contributed by atoms with Crippen molar-refractivity contribution in [1.29, 1.82) is 0 Å². The van der Waals surface area contributed by atoms with E-state index in [0.717, 1.165) is 19.3 Å². The molecule has 0 saturated carbocycles. The maximum absolute atomic E-state index is 12.8. The lowest BCUT2D eigenvalue weighted by molar-refractivity contribution is 0.101. The van der Waals surface area contributed by atoms with E-state index in [1.807, 2.05) is 0 Å². The summed E-state index contributed by atoms with van der Waals surface area (Å²) in [5.41, 5.74) is 1.13. The fraction of sp³-hybridized carbons (Fsp3) is 0.238. The number of nitrogens with zero attached hydrogens (tertiary/aromatic N) is 4. The number of carbonyl (C=O) groups excluding carboxylic acids is 1. The van der Waals surface area contributed by atoms with Gasteiger partial charge in [0.15, 0.2) is 5.69 Å². The van der Waals surface area contributed by atoms with E-state index in [9.17, 15) is 13.2 Å². The highest BCUT2D eigenvalue weighted by molar-refractivity contribution is 7.90. The van der Waals surface area contributed by atoms with E-state index in [2.05, 4.69) is 25.3 Å². The number of hydrogen-bond acceptors (Lipinski definition) is 6. The van der Waals surface area contributed by atoms with Gasteiger partial charge in [-0.15, -0.1) is 5.10 Å². The first kappa shape index (κ1) is 22.0. The summed E-state index contributed by atoms with van der Waals surface area (Å²) < 4.78 is 29.2. The third-order valence-electron chi connectivity index (χ3n) is 4.91. The highest BCUT2D eigenvalue weighted by Crippen LogP contribution is 2.21. The van der Waals surface area contributed by atoms with Crippen LogP contribution in [0.2, 0.25) is 5.02 Å². The minimum atomic E-state index is -3.74. The minimum Gasteiger partial charge on any atom is -0.321 e. The molecule has 2 aromatic carbocycles. The van der Waals surface area contributed by atoms with Crippen molar-refractivity contribution in [3.05, 3.63) is 65.4 Å². The van der Waals surface area contributed by atoms with E-state index >= 15 is 0 Å². The highest BCUT2D eigenvalue weighted by Gasteiger charge is 2.19. The first-order valence-electron chi connectivity index (χ1n) is 10.1. The summed E-state index contributed by atoms with van der Waals surface area (Å²) in [6, 6.07) is 12.9. The second-order valence-electron chi connectivity index (χ2n) is 7.21. The summed E-state index contributed by atoms with van der Waals surface area (Å²) in [5.74, 6) is 0.0247. The van der Waals surface area contributed by atoms with Gasteiger partial charge in [-0.2, -0.15) is 0 Å². The largest absolute Gasteiger partial charge is 0.321 e. The van der Waals surface area contributed by atoms with E-state index < -0.39 is 15.9 Å². The number of benzene rings is 2. The number of nitrogens with one attached hydrogen (secondary N) is 2. The number of aromatic nitrogens is 3. The van der Waals surface area contributed by atoms with Crippen molar-refractivity contribution in [1.82, 2.24) is 19.7 Å². The van der Waals surface area contributed by atoms with E-state index in [1.165, 1.54) is 35.1 Å². The number of amides is 1. The number of para-hydroxylation sites is 1. The summed E-state index contributed by atoms with van der Waals surface area (Å²) in [6.07, 6.45) is 4.85. The van der Waals surface area contributed by atoms with Crippen molar-refractivity contribution in [3.8, 4) is 5.69 Å². The van der Waals surface area contributed by atoms with Gasteiger partial charge in [0.25, 0.3) is 15.9 Å². The molecule has 1 amide bonds. The Morgan fingerprint density at radius 1 is 1.03 bits per heavy atom. The smallest absolute Gasteiger partial charge is 0.276 e. The van der Waals surface area contributed by atoms with Crippen LogP contribution in [-0.4, -0.2) is 41.7 Å². The molecule has 0 bridgehead atoms. The van der Waals surface area contributed by atoms with Crippen LogP contribution in [0.3, 0.4) is 0 Å². The number of carbonyl (C=O) groups is 1. The van der Waals surface area contributed by atoms with Gasteiger partial charge >= 0.3 is 0 Å². The number of aliphatic imine (C=N–C) groups is 1. The first-order chi connectivity index (χ1) is 15.4. The van der Waals surface area contributed by atoms with Gasteiger partial charge in [-0.3, -0.25) is 14.5 Å². The molecule has 2 heterocycles. The monoisotopic (exact) mass is 472 g/mol. The molecule has 166 valence electrons. The summed E-state index contributed by atoms with van der Waals surface area (Å²) in [4.78, 5) is 17.1. The van der Waals surface area contributed by atoms with Gasteiger partial charge < -0.3 is 5.32 Å². The molecule has 32 heavy (non-hydrogen) atoms. The average Bonchev–Trinajstić information content (AvgIpc) is 3.13. The number of halogens is 1. The Morgan fingerprint density at radius 3 is 2.59 bits per heavy atom. The number of sulfonamides is 1. The molecule has 1 aliphatic rings. The lowest BCUT2D eigenvalue weighted by atomic mass is 10.2. The molecule has 4 rings (SSSR count). The molecule has 3 aromatic rings. The SMILES string of the molecule is O=C(Nc1ccc(S(=O)(=O)NC2=NCCCCC2)cc1)c1cnnn1-c1ccccc1Cl. The van der Waals surface area contributed by atoms with Gasteiger partial charge in [-0.05, 0) is 49.2 Å². The number of hydrogen-bond donors (Lipinski definition) is 2. The second kappa shape index (κ2) is 9.49. The van der Waals surface area contributed by atoms with Crippen LogP contribution in [0.4, 0.5) is 5.69 Å². The van der Waals surface area contributed by atoms with Crippen LogP contribution in [0.5, 0.6) is 0 Å². The van der Waals surface area contributed by atoms with Gasteiger partial charge in [-0.25, -0.2) is 13.1 Å². The van der Waals surface area contributed by atoms with Crippen molar-refractivity contribution in [2.45, 2.75) is 30.6 Å². The van der Waals surface area contributed by atoms with Crippen molar-refractivity contribution < 1.29 is 13.2 Å². The molecule has 0 saturated heterocycles. The number of amidine groups is 1. The van der Waals surface area contributed by atoms with Crippen LogP contribution < -0.4 is 10.0 Å². The molecule has 0 radical (unpaired) electrons. The molecule has 2 N–H and O–H groups in total. The zero-order valence-corrected chi connectivity index (χ0v) is 18.6. The summed E-state index contributed by atoms with van der Waals surface area (Å²) in [7, 11) is -3.74. The Balaban J connectivity index is 1.48. The molecule has 9 nitrogen and oxygen atoms in total. The Bertz CT molecular complexity index is 1250. The molecule has 0 atom stereocenters. The molecule has 1 aromatic heterocycles. The third kappa shape index (κ3) is 4.97. The molecule has 0 fully saturated rings.